The highest BCUT2D eigenvalue weighted by molar-refractivity contribution is 5.75. The summed E-state index contributed by atoms with van der Waals surface area (Å²) in [6.45, 7) is 2.48. The van der Waals surface area contributed by atoms with Gasteiger partial charge in [0.05, 0.1) is 5.56 Å². The average molecular weight is 428 g/mol. The predicted molar refractivity (Wildman–Crippen MR) is 122 cm³/mol. The van der Waals surface area contributed by atoms with Gasteiger partial charge in [-0.05, 0) is 31.4 Å². The first-order chi connectivity index (χ1) is 15.6. The van der Waals surface area contributed by atoms with E-state index in [1.807, 2.05) is 49.4 Å². The van der Waals surface area contributed by atoms with Gasteiger partial charge in [-0.15, -0.1) is 0 Å². The number of benzene rings is 2. The number of carbonyl (C=O) groups is 1. The van der Waals surface area contributed by atoms with Gasteiger partial charge in [0.25, 0.3) is 11.4 Å². The minimum Gasteiger partial charge on any atom is -0.355 e. The lowest BCUT2D eigenvalue weighted by Crippen LogP contribution is -2.32. The van der Waals surface area contributed by atoms with E-state index in [2.05, 4.69) is 27.6 Å². The number of hydrogen-bond donors (Lipinski definition) is 1. The lowest BCUT2D eigenvalue weighted by molar-refractivity contribution is -0.121. The summed E-state index contributed by atoms with van der Waals surface area (Å²) < 4.78 is 6.72. The number of aryl methyl sites for hydroxylation is 2. The van der Waals surface area contributed by atoms with Gasteiger partial charge >= 0.3 is 0 Å². The average Bonchev–Trinajstić information content (AvgIpc) is 3.30. The molecule has 0 atom stereocenters. The Hall–Kier alpha value is -4.00. The maximum Gasteiger partial charge on any atom is 0.259 e. The van der Waals surface area contributed by atoms with E-state index in [0.717, 1.165) is 24.0 Å². The van der Waals surface area contributed by atoms with Crippen LogP contribution in [0.25, 0.3) is 22.8 Å². The van der Waals surface area contributed by atoms with Gasteiger partial charge in [0.1, 0.15) is 6.54 Å². The summed E-state index contributed by atoms with van der Waals surface area (Å²) in [5.41, 5.74) is 3.52. The van der Waals surface area contributed by atoms with E-state index >= 15 is 0 Å². The fraction of sp³-hybridized carbons (Fsp3) is 0.200. The summed E-state index contributed by atoms with van der Waals surface area (Å²) in [5, 5.41) is 6.90. The maximum absolute atomic E-state index is 12.3. The third-order valence-corrected chi connectivity index (χ3v) is 5.09. The lowest BCUT2D eigenvalue weighted by Gasteiger charge is -2.08. The summed E-state index contributed by atoms with van der Waals surface area (Å²) >= 11 is 0. The van der Waals surface area contributed by atoms with Crippen molar-refractivity contribution < 1.29 is 9.32 Å². The molecule has 0 aliphatic heterocycles. The fourth-order valence-electron chi connectivity index (χ4n) is 3.32. The van der Waals surface area contributed by atoms with Crippen molar-refractivity contribution in [3.8, 4) is 22.8 Å². The molecule has 1 N–H and O–H groups in total. The van der Waals surface area contributed by atoms with Crippen molar-refractivity contribution >= 4 is 5.91 Å². The summed E-state index contributed by atoms with van der Waals surface area (Å²) in [7, 11) is 0. The van der Waals surface area contributed by atoms with Crippen LogP contribution in [0.5, 0.6) is 0 Å². The molecule has 0 saturated carbocycles. The molecule has 0 aliphatic carbocycles. The summed E-state index contributed by atoms with van der Waals surface area (Å²) in [5.74, 6) is 0.537. The number of amides is 1. The van der Waals surface area contributed by atoms with Gasteiger partial charge in [-0.3, -0.25) is 9.59 Å². The zero-order valence-corrected chi connectivity index (χ0v) is 17.8. The second kappa shape index (κ2) is 9.87. The van der Waals surface area contributed by atoms with Crippen molar-refractivity contribution in [2.45, 2.75) is 26.3 Å². The standard InChI is InChI=1S/C25H24N4O3/c1-18-9-11-20(12-10-18)24-27-25(32-28-24)21-13-14-23(31)29(16-21)17-22(30)26-15-5-8-19-6-3-2-4-7-19/h2-4,6-7,9-14,16H,5,8,15,17H2,1H3,(H,26,30). The van der Waals surface area contributed by atoms with E-state index in [4.69, 9.17) is 4.52 Å². The van der Waals surface area contributed by atoms with E-state index < -0.39 is 0 Å². The van der Waals surface area contributed by atoms with Crippen molar-refractivity contribution in [1.82, 2.24) is 20.0 Å². The summed E-state index contributed by atoms with van der Waals surface area (Å²) in [6.07, 6.45) is 3.28. The van der Waals surface area contributed by atoms with Gasteiger partial charge in [0, 0.05) is 24.4 Å². The molecule has 0 spiro atoms. The second-order valence-corrected chi connectivity index (χ2v) is 7.61. The molecule has 0 unspecified atom stereocenters. The number of nitrogens with one attached hydrogen (secondary N) is 1. The van der Waals surface area contributed by atoms with Crippen LogP contribution in [0.15, 0.2) is 82.2 Å². The van der Waals surface area contributed by atoms with E-state index in [-0.39, 0.29) is 23.9 Å². The Kier molecular flexibility index (Phi) is 6.55. The second-order valence-electron chi connectivity index (χ2n) is 7.61. The summed E-state index contributed by atoms with van der Waals surface area (Å²) in [6, 6.07) is 20.9. The Bertz CT molecular complexity index is 1240. The quantitative estimate of drug-likeness (QED) is 0.433. The Morgan fingerprint density at radius 1 is 1.00 bits per heavy atom. The number of aromatic nitrogens is 3. The molecule has 162 valence electrons. The van der Waals surface area contributed by atoms with E-state index in [0.29, 0.717) is 17.9 Å². The minimum absolute atomic E-state index is 0.0725. The van der Waals surface area contributed by atoms with Crippen LogP contribution >= 0.6 is 0 Å². The largest absolute Gasteiger partial charge is 0.355 e. The maximum atomic E-state index is 12.3. The first-order valence-electron chi connectivity index (χ1n) is 10.5. The van der Waals surface area contributed by atoms with E-state index in [1.54, 1.807) is 12.3 Å². The Morgan fingerprint density at radius 3 is 2.53 bits per heavy atom. The molecule has 0 radical (unpaired) electrons. The number of nitrogens with zero attached hydrogens (tertiary/aromatic N) is 3. The normalized spacial score (nSPS) is 10.8. The van der Waals surface area contributed by atoms with Crippen molar-refractivity contribution in [1.29, 1.82) is 0 Å². The first-order valence-corrected chi connectivity index (χ1v) is 10.5. The highest BCUT2D eigenvalue weighted by atomic mass is 16.5. The molecule has 2 heterocycles. The molecule has 2 aromatic heterocycles. The van der Waals surface area contributed by atoms with Crippen LogP contribution in [-0.4, -0.2) is 27.2 Å². The Balaban J connectivity index is 1.38. The molecular formula is C25H24N4O3. The van der Waals surface area contributed by atoms with Gasteiger partial charge in [-0.2, -0.15) is 4.98 Å². The molecule has 2 aromatic carbocycles. The third kappa shape index (κ3) is 5.37. The van der Waals surface area contributed by atoms with Gasteiger partial charge in [0.15, 0.2) is 0 Å². The van der Waals surface area contributed by atoms with E-state index in [9.17, 15) is 9.59 Å². The highest BCUT2D eigenvalue weighted by Gasteiger charge is 2.13. The van der Waals surface area contributed by atoms with Crippen LogP contribution in [0.1, 0.15) is 17.5 Å². The monoisotopic (exact) mass is 428 g/mol. The van der Waals surface area contributed by atoms with Crippen LogP contribution in [0, 0.1) is 6.92 Å². The third-order valence-electron chi connectivity index (χ3n) is 5.09. The number of hydrogen-bond acceptors (Lipinski definition) is 5. The van der Waals surface area contributed by atoms with Crippen LogP contribution < -0.4 is 10.9 Å². The first kappa shape index (κ1) is 21.2. The Morgan fingerprint density at radius 2 is 1.75 bits per heavy atom. The molecule has 4 aromatic rings. The molecule has 0 saturated heterocycles. The zero-order chi connectivity index (χ0) is 22.3. The Labute approximate surface area is 185 Å². The molecule has 32 heavy (non-hydrogen) atoms. The van der Waals surface area contributed by atoms with Crippen molar-refractivity contribution in [2.24, 2.45) is 0 Å². The predicted octanol–water partition coefficient (Wildman–Crippen LogP) is 3.62. The SMILES string of the molecule is Cc1ccc(-c2noc(-c3ccc(=O)n(CC(=O)NCCCc4ccccc4)c3)n2)cc1. The molecule has 7 heteroatoms. The van der Waals surface area contributed by atoms with Crippen LogP contribution in [0.4, 0.5) is 0 Å². The zero-order valence-electron chi connectivity index (χ0n) is 17.8. The van der Waals surface area contributed by atoms with Gasteiger partial charge in [-0.25, -0.2) is 0 Å². The van der Waals surface area contributed by atoms with Gasteiger partial charge < -0.3 is 14.4 Å². The van der Waals surface area contributed by atoms with Crippen LogP contribution in [0.2, 0.25) is 0 Å². The van der Waals surface area contributed by atoms with Crippen molar-refractivity contribution in [3.05, 3.63) is 94.4 Å². The molecule has 0 fully saturated rings. The van der Waals surface area contributed by atoms with Crippen molar-refractivity contribution in [2.75, 3.05) is 6.54 Å². The molecule has 4 rings (SSSR count). The molecule has 7 nitrogen and oxygen atoms in total. The van der Waals surface area contributed by atoms with E-state index in [1.165, 1.54) is 16.2 Å². The highest BCUT2D eigenvalue weighted by Crippen LogP contribution is 2.21. The smallest absolute Gasteiger partial charge is 0.259 e. The number of carbonyl (C=O) groups excluding carboxylic acids is 1. The fourth-order valence-corrected chi connectivity index (χ4v) is 3.32. The number of pyridine rings is 1. The minimum atomic E-state index is -0.272. The molecular weight excluding hydrogens is 404 g/mol. The van der Waals surface area contributed by atoms with Gasteiger partial charge in [-0.1, -0.05) is 65.3 Å². The molecule has 0 bridgehead atoms. The molecule has 0 aliphatic rings. The van der Waals surface area contributed by atoms with Crippen LogP contribution in [-0.2, 0) is 17.8 Å². The lowest BCUT2D eigenvalue weighted by atomic mass is 10.1. The topological polar surface area (TPSA) is 90.0 Å². The summed E-state index contributed by atoms with van der Waals surface area (Å²) in [4.78, 5) is 29.0. The van der Waals surface area contributed by atoms with Gasteiger partial charge in [0.2, 0.25) is 11.7 Å². The van der Waals surface area contributed by atoms with Crippen molar-refractivity contribution in [3.63, 3.8) is 0 Å². The molecule has 1 amide bonds. The number of rotatable bonds is 8. The van der Waals surface area contributed by atoms with Crippen LogP contribution in [0.3, 0.4) is 0 Å².